The monoisotopic (exact) mass is 564 g/mol. The summed E-state index contributed by atoms with van der Waals surface area (Å²) < 4.78 is 29.4. The molecule has 2 aromatic heterocycles. The molecule has 0 unspecified atom stereocenters. The Balaban J connectivity index is 1.67. The van der Waals surface area contributed by atoms with E-state index in [1.54, 1.807) is 45.9 Å². The Hall–Kier alpha value is -3.14. The second kappa shape index (κ2) is 12.8. The van der Waals surface area contributed by atoms with E-state index in [9.17, 15) is 13.2 Å². The zero-order valence-electron chi connectivity index (χ0n) is 23.1. The van der Waals surface area contributed by atoms with Crippen LogP contribution in [0.5, 0.6) is 0 Å². The summed E-state index contributed by atoms with van der Waals surface area (Å²) in [6, 6.07) is 14.2. The van der Waals surface area contributed by atoms with Gasteiger partial charge in [-0.15, -0.1) is 0 Å². The van der Waals surface area contributed by atoms with Crippen LogP contribution in [0.3, 0.4) is 0 Å². The highest BCUT2D eigenvalue weighted by Crippen LogP contribution is 2.33. The molecule has 2 aromatic carbocycles. The number of rotatable bonds is 12. The quantitative estimate of drug-likeness (QED) is 0.190. The van der Waals surface area contributed by atoms with Gasteiger partial charge >= 0.3 is 0 Å². The van der Waals surface area contributed by atoms with Crippen molar-refractivity contribution >= 4 is 42.6 Å². The molecule has 0 spiro atoms. The van der Waals surface area contributed by atoms with Gasteiger partial charge in [-0.25, -0.2) is 13.4 Å². The minimum Gasteiger partial charge on any atom is -0.279 e. The average molecular weight is 565 g/mol. The fourth-order valence-corrected chi connectivity index (χ4v) is 6.87. The highest BCUT2D eigenvalue weighted by atomic mass is 32.2. The van der Waals surface area contributed by atoms with Gasteiger partial charge < -0.3 is 0 Å². The Morgan fingerprint density at radius 3 is 2.26 bits per heavy atom. The first kappa shape index (κ1) is 28.9. The Bertz CT molecular complexity index is 1510. The maximum atomic E-state index is 13.9. The average Bonchev–Trinajstić information content (AvgIpc) is 3.39. The standard InChI is InChI=1S/C30H36N4O3S2/c1-5-7-18-33(19-8-6-2)39(36,37)26-14-12-25(13-15-26)29(35)34(21-24-10-9-17-31-20-24)30-32-28-23(4)22(3)11-16-27(28)38-30/h9-17,20H,5-8,18-19,21H2,1-4H3. The summed E-state index contributed by atoms with van der Waals surface area (Å²) in [7, 11) is -3.65. The van der Waals surface area contributed by atoms with Crippen molar-refractivity contribution in [2.24, 2.45) is 0 Å². The van der Waals surface area contributed by atoms with Gasteiger partial charge in [-0.2, -0.15) is 4.31 Å². The van der Waals surface area contributed by atoms with E-state index < -0.39 is 10.0 Å². The lowest BCUT2D eigenvalue weighted by molar-refractivity contribution is 0.0985. The summed E-state index contributed by atoms with van der Waals surface area (Å²) in [5.74, 6) is -0.245. The molecule has 0 aliphatic rings. The third-order valence-corrected chi connectivity index (χ3v) is 9.83. The van der Waals surface area contributed by atoms with Crippen LogP contribution in [-0.4, -0.2) is 41.7 Å². The maximum Gasteiger partial charge on any atom is 0.260 e. The van der Waals surface area contributed by atoms with Crippen molar-refractivity contribution in [1.82, 2.24) is 14.3 Å². The Morgan fingerprint density at radius 2 is 1.64 bits per heavy atom. The van der Waals surface area contributed by atoms with E-state index in [1.165, 1.54) is 11.3 Å². The summed E-state index contributed by atoms with van der Waals surface area (Å²) in [6.45, 7) is 9.48. The fraction of sp³-hybridized carbons (Fsp3) is 0.367. The van der Waals surface area contributed by atoms with Gasteiger partial charge in [-0.1, -0.05) is 50.2 Å². The molecular formula is C30H36N4O3S2. The zero-order chi connectivity index (χ0) is 28.0. The van der Waals surface area contributed by atoms with Crippen molar-refractivity contribution in [2.75, 3.05) is 18.0 Å². The molecule has 0 N–H and O–H groups in total. The zero-order valence-corrected chi connectivity index (χ0v) is 24.7. The van der Waals surface area contributed by atoms with Crippen LogP contribution in [0.2, 0.25) is 0 Å². The minimum absolute atomic E-state index is 0.205. The van der Waals surface area contributed by atoms with Crippen molar-refractivity contribution < 1.29 is 13.2 Å². The SMILES string of the molecule is CCCCN(CCCC)S(=O)(=O)c1ccc(C(=O)N(Cc2cccnc2)c2nc3c(C)c(C)ccc3s2)cc1. The number of fused-ring (bicyclic) bond motifs is 1. The van der Waals surface area contributed by atoms with E-state index in [0.29, 0.717) is 30.3 Å². The van der Waals surface area contributed by atoms with Crippen LogP contribution in [0.1, 0.15) is 66.6 Å². The van der Waals surface area contributed by atoms with Gasteiger partial charge in [0.15, 0.2) is 5.13 Å². The molecular weight excluding hydrogens is 528 g/mol. The molecule has 39 heavy (non-hydrogen) atoms. The second-order valence-corrected chi connectivity index (χ2v) is 12.7. The summed E-state index contributed by atoms with van der Waals surface area (Å²) >= 11 is 1.47. The smallest absolute Gasteiger partial charge is 0.260 e. The molecule has 0 aliphatic carbocycles. The third kappa shape index (κ3) is 6.54. The summed E-state index contributed by atoms with van der Waals surface area (Å²) in [5, 5.41) is 0.592. The van der Waals surface area contributed by atoms with E-state index in [0.717, 1.165) is 52.6 Å². The van der Waals surface area contributed by atoms with Crippen molar-refractivity contribution in [3.8, 4) is 0 Å². The highest BCUT2D eigenvalue weighted by Gasteiger charge is 2.26. The van der Waals surface area contributed by atoms with Crippen LogP contribution in [0.25, 0.3) is 10.2 Å². The van der Waals surface area contributed by atoms with E-state index in [4.69, 9.17) is 4.98 Å². The molecule has 2 heterocycles. The van der Waals surface area contributed by atoms with Gasteiger partial charge in [0, 0.05) is 31.0 Å². The lowest BCUT2D eigenvalue weighted by Crippen LogP contribution is -2.33. The number of amides is 1. The Morgan fingerprint density at radius 1 is 0.949 bits per heavy atom. The predicted molar refractivity (Wildman–Crippen MR) is 159 cm³/mol. The van der Waals surface area contributed by atoms with Crippen LogP contribution in [0.15, 0.2) is 65.8 Å². The molecule has 9 heteroatoms. The molecule has 0 radical (unpaired) electrons. The van der Waals surface area contributed by atoms with Gasteiger partial charge in [0.2, 0.25) is 10.0 Å². The topological polar surface area (TPSA) is 83.5 Å². The molecule has 0 aliphatic heterocycles. The Labute approximate surface area is 235 Å². The molecule has 4 aromatic rings. The number of aromatic nitrogens is 2. The largest absolute Gasteiger partial charge is 0.279 e. The van der Waals surface area contributed by atoms with Gasteiger partial charge in [-0.05, 0) is 79.8 Å². The Kier molecular flexibility index (Phi) is 9.48. The number of hydrogen-bond donors (Lipinski definition) is 0. The lowest BCUT2D eigenvalue weighted by atomic mass is 10.1. The summed E-state index contributed by atoms with van der Waals surface area (Å²) in [5.41, 5.74) is 4.40. The van der Waals surface area contributed by atoms with E-state index in [1.807, 2.05) is 32.0 Å². The maximum absolute atomic E-state index is 13.9. The summed E-state index contributed by atoms with van der Waals surface area (Å²) in [4.78, 5) is 24.8. The lowest BCUT2D eigenvalue weighted by Gasteiger charge is -2.22. The highest BCUT2D eigenvalue weighted by molar-refractivity contribution is 7.89. The summed E-state index contributed by atoms with van der Waals surface area (Å²) in [6.07, 6.45) is 6.89. The number of anilines is 1. The molecule has 7 nitrogen and oxygen atoms in total. The van der Waals surface area contributed by atoms with Crippen molar-refractivity contribution in [1.29, 1.82) is 0 Å². The van der Waals surface area contributed by atoms with Gasteiger partial charge in [0.05, 0.1) is 21.7 Å². The van der Waals surface area contributed by atoms with Crippen molar-refractivity contribution in [3.05, 3.63) is 83.2 Å². The number of nitrogens with zero attached hydrogens (tertiary/aromatic N) is 4. The number of carbonyl (C=O) groups excluding carboxylic acids is 1. The third-order valence-electron chi connectivity index (χ3n) is 6.87. The molecule has 1 amide bonds. The predicted octanol–water partition coefficient (Wildman–Crippen LogP) is 6.75. The minimum atomic E-state index is -3.65. The number of thiazole rings is 1. The first-order valence-electron chi connectivity index (χ1n) is 13.4. The number of aryl methyl sites for hydroxylation is 2. The second-order valence-electron chi connectivity index (χ2n) is 9.74. The molecule has 206 valence electrons. The fourth-order valence-electron chi connectivity index (χ4n) is 4.33. The van der Waals surface area contributed by atoms with Gasteiger partial charge in [0.25, 0.3) is 5.91 Å². The molecule has 4 rings (SSSR count). The number of benzene rings is 2. The number of hydrogen-bond acceptors (Lipinski definition) is 6. The van der Waals surface area contributed by atoms with Gasteiger partial charge in [0.1, 0.15) is 0 Å². The first-order valence-corrected chi connectivity index (χ1v) is 15.7. The van der Waals surface area contributed by atoms with E-state index in [2.05, 4.69) is 24.9 Å². The molecule has 0 saturated carbocycles. The van der Waals surface area contributed by atoms with Crippen molar-refractivity contribution in [2.45, 2.75) is 64.8 Å². The number of carbonyl (C=O) groups is 1. The number of unbranched alkanes of at least 4 members (excludes halogenated alkanes) is 2. The van der Waals surface area contributed by atoms with Crippen LogP contribution < -0.4 is 4.90 Å². The van der Waals surface area contributed by atoms with E-state index >= 15 is 0 Å². The van der Waals surface area contributed by atoms with Crippen molar-refractivity contribution in [3.63, 3.8) is 0 Å². The van der Waals surface area contributed by atoms with Crippen LogP contribution >= 0.6 is 11.3 Å². The molecule has 0 fully saturated rings. The molecule has 0 atom stereocenters. The van der Waals surface area contributed by atoms with E-state index in [-0.39, 0.29) is 10.8 Å². The first-order chi connectivity index (χ1) is 18.8. The van der Waals surface area contributed by atoms with Crippen LogP contribution in [0, 0.1) is 13.8 Å². The molecule has 0 saturated heterocycles. The molecule has 0 bridgehead atoms. The normalized spacial score (nSPS) is 11.8. The van der Waals surface area contributed by atoms with Gasteiger partial charge in [-0.3, -0.25) is 14.7 Å². The van der Waals surface area contributed by atoms with Crippen LogP contribution in [0.4, 0.5) is 5.13 Å². The number of pyridine rings is 1. The number of sulfonamides is 1. The van der Waals surface area contributed by atoms with Crippen LogP contribution in [-0.2, 0) is 16.6 Å².